The van der Waals surface area contributed by atoms with Gasteiger partial charge >= 0.3 is 0 Å². The second-order valence-corrected chi connectivity index (χ2v) is 20.8. The van der Waals surface area contributed by atoms with E-state index >= 15 is 0 Å². The molecule has 0 amide bonds. The molecule has 5 heterocycles. The molecule has 5 radical (unpaired) electrons. The molecule has 343 valence electrons. The summed E-state index contributed by atoms with van der Waals surface area (Å²) in [7, 11) is 3.53. The standard InChI is InChI=1S/C23H31F3N4O4S.C17H24F2N2O3S.B3/c1-23(2,26)22-27-20(34-28-22)14-29-8-6-17(7-9-29)33-21-18(24)12-16(13-19(21)25)15-4-10-30(11-5-15)35(3,31)32;1-25(22,23)21-8-4-12(5-9-21)13-10-15(18)17(16(19)11-13)24-14-2-6-20-7-3-14;1-3-2/h12-13,15,17H,4-11,14H2,1-3H3;10-12,14,20H,2-9H2,1H3;. The fourth-order valence-electron chi connectivity index (χ4n) is 8.08. The van der Waals surface area contributed by atoms with Crippen molar-refractivity contribution in [2.45, 2.75) is 101 Å². The fraction of sp³-hybridized carbons (Fsp3) is 0.650. The topological polar surface area (TPSA) is 147 Å². The van der Waals surface area contributed by atoms with Crippen LogP contribution in [-0.2, 0) is 32.3 Å². The first-order chi connectivity index (χ1) is 29.7. The highest BCUT2D eigenvalue weighted by molar-refractivity contribution is 7.88. The van der Waals surface area contributed by atoms with E-state index in [1.165, 1.54) is 53.0 Å². The molecule has 4 aliphatic rings. The third kappa shape index (κ3) is 14.6. The van der Waals surface area contributed by atoms with Gasteiger partial charge in [0.1, 0.15) is 12.2 Å². The number of nitrogens with one attached hydrogen (secondary N) is 1. The van der Waals surface area contributed by atoms with Gasteiger partial charge in [-0.15, -0.1) is 0 Å². The van der Waals surface area contributed by atoms with E-state index in [1.54, 1.807) is 0 Å². The predicted octanol–water partition coefficient (Wildman–Crippen LogP) is 4.83. The van der Waals surface area contributed by atoms with Crippen molar-refractivity contribution in [1.82, 2.24) is 29.0 Å². The molecule has 4 aliphatic heterocycles. The highest BCUT2D eigenvalue weighted by Crippen LogP contribution is 2.36. The molecule has 63 heavy (non-hydrogen) atoms. The summed E-state index contributed by atoms with van der Waals surface area (Å²) < 4.78 is 138. The van der Waals surface area contributed by atoms with Gasteiger partial charge in [0.2, 0.25) is 31.8 Å². The molecule has 0 bridgehead atoms. The molecule has 13 nitrogen and oxygen atoms in total. The number of benzene rings is 2. The summed E-state index contributed by atoms with van der Waals surface area (Å²) in [6.07, 6.45) is 6.52. The van der Waals surface area contributed by atoms with E-state index in [0.717, 1.165) is 39.2 Å². The quantitative estimate of drug-likeness (QED) is 0.209. The van der Waals surface area contributed by atoms with Gasteiger partial charge in [-0.25, -0.2) is 47.4 Å². The maximum Gasteiger partial charge on any atom is 0.240 e. The molecule has 0 saturated carbocycles. The third-order valence-corrected chi connectivity index (χ3v) is 14.2. The van der Waals surface area contributed by atoms with E-state index in [2.05, 4.69) is 30.9 Å². The normalized spacial score (nSPS) is 19.7. The van der Waals surface area contributed by atoms with E-state index in [-0.39, 0.29) is 41.4 Å². The maximum absolute atomic E-state index is 14.8. The number of nitrogens with zero attached hydrogens (tertiary/aromatic N) is 5. The van der Waals surface area contributed by atoms with Gasteiger partial charge in [-0.1, -0.05) is 5.16 Å². The molecule has 0 atom stereocenters. The molecule has 4 fully saturated rings. The lowest BCUT2D eigenvalue weighted by Crippen LogP contribution is -2.38. The number of hydrogen-bond donors (Lipinski definition) is 1. The Labute approximate surface area is 371 Å². The van der Waals surface area contributed by atoms with Crippen molar-refractivity contribution in [1.29, 1.82) is 0 Å². The average molecular weight is 923 g/mol. The number of likely N-dealkylation sites (tertiary alicyclic amines) is 1. The Hall–Kier alpha value is -3.24. The van der Waals surface area contributed by atoms with Crippen LogP contribution in [0.15, 0.2) is 28.8 Å². The molecular weight excluding hydrogens is 868 g/mol. The maximum atomic E-state index is 14.8. The van der Waals surface area contributed by atoms with Crippen LogP contribution >= 0.6 is 0 Å². The summed E-state index contributed by atoms with van der Waals surface area (Å²) in [5.74, 6) is -3.38. The minimum Gasteiger partial charge on any atom is -0.484 e. The fourth-order valence-corrected chi connectivity index (χ4v) is 9.83. The Morgan fingerprint density at radius 1 is 0.714 bits per heavy atom. The first-order valence-electron chi connectivity index (χ1n) is 21.1. The number of aromatic nitrogens is 2. The van der Waals surface area contributed by atoms with Gasteiger partial charge in [-0.2, -0.15) is 4.98 Å². The van der Waals surface area contributed by atoms with Gasteiger partial charge in [0.25, 0.3) is 0 Å². The van der Waals surface area contributed by atoms with Crippen molar-refractivity contribution >= 4 is 42.6 Å². The molecule has 1 aromatic heterocycles. The number of rotatable bonds is 11. The van der Waals surface area contributed by atoms with Crippen molar-refractivity contribution in [2.75, 3.05) is 64.9 Å². The van der Waals surface area contributed by atoms with Crippen molar-refractivity contribution in [3.05, 3.63) is 70.4 Å². The van der Waals surface area contributed by atoms with Crippen molar-refractivity contribution in [2.24, 2.45) is 0 Å². The van der Waals surface area contributed by atoms with E-state index in [0.29, 0.717) is 101 Å². The summed E-state index contributed by atoms with van der Waals surface area (Å²) in [4.78, 5) is 6.13. The van der Waals surface area contributed by atoms with Gasteiger partial charge in [0.05, 0.1) is 19.1 Å². The summed E-state index contributed by atoms with van der Waals surface area (Å²) in [6.45, 7) is 7.26. The van der Waals surface area contributed by atoms with Crippen LogP contribution in [0.2, 0.25) is 0 Å². The van der Waals surface area contributed by atoms with Crippen LogP contribution in [0.25, 0.3) is 0 Å². The lowest BCUT2D eigenvalue weighted by atomic mass is 9.40. The molecule has 3 aromatic rings. The Balaban J connectivity index is 0.000000235. The zero-order valence-electron chi connectivity index (χ0n) is 36.2. The first kappa shape index (κ1) is 50.8. The molecule has 2 aromatic carbocycles. The molecule has 0 unspecified atom stereocenters. The van der Waals surface area contributed by atoms with Gasteiger partial charge in [-0.05, 0) is 126 Å². The van der Waals surface area contributed by atoms with Crippen LogP contribution in [0.3, 0.4) is 0 Å². The number of sulfonamides is 2. The Morgan fingerprint density at radius 3 is 1.44 bits per heavy atom. The molecule has 0 aliphatic carbocycles. The summed E-state index contributed by atoms with van der Waals surface area (Å²) in [5.41, 5.74) is -0.591. The summed E-state index contributed by atoms with van der Waals surface area (Å²) >= 11 is 0. The number of piperidine rings is 4. The van der Waals surface area contributed by atoms with Gasteiger partial charge < -0.3 is 19.3 Å². The molecule has 0 spiro atoms. The first-order valence-corrected chi connectivity index (χ1v) is 24.8. The summed E-state index contributed by atoms with van der Waals surface area (Å²) in [6, 6.07) is 5.27. The zero-order chi connectivity index (χ0) is 46.1. The Bertz CT molecular complexity index is 2130. The molecule has 23 heteroatoms. The highest BCUT2D eigenvalue weighted by Gasteiger charge is 2.31. The lowest BCUT2D eigenvalue weighted by molar-refractivity contribution is 0.0842. The second kappa shape index (κ2) is 22.3. The average Bonchev–Trinajstić information content (AvgIpc) is 3.71. The molecule has 1 N–H and O–H groups in total. The smallest absolute Gasteiger partial charge is 0.240 e. The zero-order valence-corrected chi connectivity index (χ0v) is 37.8. The Morgan fingerprint density at radius 2 is 1.10 bits per heavy atom. The molecular formula is C40H55B3F5N6O7S2. The monoisotopic (exact) mass is 923 g/mol. The van der Waals surface area contributed by atoms with Gasteiger partial charge in [0, 0.05) is 61.8 Å². The van der Waals surface area contributed by atoms with Crippen LogP contribution < -0.4 is 14.8 Å². The van der Waals surface area contributed by atoms with E-state index in [4.69, 9.17) is 14.0 Å². The minimum atomic E-state index is -3.26. The molecule has 7 rings (SSSR count). The van der Waals surface area contributed by atoms with Crippen LogP contribution in [0.4, 0.5) is 22.0 Å². The molecule has 4 saturated heterocycles. The second-order valence-electron chi connectivity index (χ2n) is 16.8. The van der Waals surface area contributed by atoms with Crippen molar-refractivity contribution in [3.8, 4) is 11.5 Å². The lowest BCUT2D eigenvalue weighted by Gasteiger charge is -2.32. The van der Waals surface area contributed by atoms with E-state index < -0.39 is 49.0 Å². The predicted molar refractivity (Wildman–Crippen MR) is 231 cm³/mol. The third-order valence-electron chi connectivity index (χ3n) is 11.6. The van der Waals surface area contributed by atoms with Crippen LogP contribution in [0, 0.1) is 23.3 Å². The summed E-state index contributed by atoms with van der Waals surface area (Å²) in [5, 5.41) is 6.86. The Kier molecular flexibility index (Phi) is 18.0. The number of hydrogen-bond acceptors (Lipinski definition) is 11. The SMILES string of the molecule is CC(C)(F)c1noc(CN2CCC(Oc3c(F)cc(C4CCN(S(C)(=O)=O)CC4)cc3F)CC2)n1.CS(=O)(=O)N1CCC(c2cc(F)c(OC3CCNCC3)c(F)c2)CC1.[B][B][B]. The van der Waals surface area contributed by atoms with E-state index in [1.807, 2.05) is 4.90 Å². The van der Waals surface area contributed by atoms with Crippen LogP contribution in [0.1, 0.15) is 99.9 Å². The number of halogens is 5. The van der Waals surface area contributed by atoms with Gasteiger partial charge in [-0.3, -0.25) is 4.90 Å². The number of ether oxygens (including phenoxy) is 2. The van der Waals surface area contributed by atoms with Crippen molar-refractivity contribution < 1.29 is 52.8 Å². The van der Waals surface area contributed by atoms with E-state index in [9.17, 15) is 38.8 Å². The number of alkyl halides is 1. The highest BCUT2D eigenvalue weighted by atomic mass is 32.2. The van der Waals surface area contributed by atoms with Crippen LogP contribution in [0.5, 0.6) is 11.5 Å². The van der Waals surface area contributed by atoms with Gasteiger partial charge in [0.15, 0.2) is 40.4 Å². The largest absolute Gasteiger partial charge is 0.484 e. The minimum absolute atomic E-state index is 0.000987. The van der Waals surface area contributed by atoms with Crippen LogP contribution in [-0.4, -0.2) is 140 Å². The van der Waals surface area contributed by atoms with Crippen molar-refractivity contribution in [3.63, 3.8) is 0 Å².